The van der Waals surface area contributed by atoms with Crippen LogP contribution < -0.4 is 43.4 Å². The molecular formula is C32H56F36N8O18S3. The van der Waals surface area contributed by atoms with E-state index in [1.54, 1.807) is 6.26 Å². The number of carboxylic acids is 5. The van der Waals surface area contributed by atoms with Crippen LogP contribution in [-0.4, -0.2) is 173 Å². The Morgan fingerprint density at radius 3 is 0.856 bits per heavy atom. The molecule has 65 heteroatoms. The number of carbonyl (C=O) groups excluding carboxylic acids is 7. The van der Waals surface area contributed by atoms with Gasteiger partial charge in [0.2, 0.25) is 29.5 Å². The molecule has 0 aromatic carbocycles. The first-order chi connectivity index (χ1) is 45.9. The number of carbonyl (C=O) groups is 12. The Kier molecular flexibility index (Phi) is 333. The standard InChI is InChI=1S/2C5H9FN2O3.2C5H8FNO3S.C5H7NO3.C5H4O2.CH5N.CH4S.16F2.H2O/c1-7-5(11)3(8-6)2-4(9)10;1-7-4(9)2-3(8-6)5(10)11;1-7-5(10)3(11-6)2-4(8)9;1-7-4(8)2-3(11-6)5(9)10;1-6-4(7)2-3-5(8)9;6-4-1-2-5(7)3-4;18*1-2;/h3,8H,2H2,1H3,(H,7,11)(H,9,10);3,8H,2H2,1H3,(H,7,9)(H,10,11);3H,2H2,1H3,(H,7,10)(H,8,9);3H,2H2,1H3,(H,7,8)(H,9,10);2-3H,1H3,(H,6,7)(H,8,9);1-2H,3H2;2H2,1H3;2H,1H3;;;;;;;;;;;;;;;;;1H2/b;;;;3-2-;;;;;;;;;;;;;;;;;;;;. The van der Waals surface area contributed by atoms with Gasteiger partial charge in [0.15, 0.2) is 11.6 Å². The van der Waals surface area contributed by atoms with Crippen LogP contribution in [0.15, 0.2) is 24.3 Å². The van der Waals surface area contributed by atoms with E-state index in [0.29, 0.717) is 0 Å². The molecule has 0 aliphatic heterocycles. The molecule has 97 heavy (non-hydrogen) atoms. The van der Waals surface area contributed by atoms with Crippen molar-refractivity contribution >= 4 is 108 Å². The molecule has 0 saturated carbocycles. The van der Waals surface area contributed by atoms with E-state index >= 15 is 0 Å². The molecule has 602 valence electrons. The second-order valence-electron chi connectivity index (χ2n) is 10.1. The van der Waals surface area contributed by atoms with E-state index in [-0.39, 0.29) is 54.2 Å². The average Bonchev–Trinajstić information content (AvgIpc) is 4.24. The minimum Gasteiger partial charge on any atom is -0.481 e. The van der Waals surface area contributed by atoms with Crippen LogP contribution in [0.2, 0.25) is 0 Å². The third kappa shape index (κ3) is 208. The third-order valence-corrected chi connectivity index (χ3v) is 6.82. The Balaban J connectivity index is -0.0000000273. The number of aliphatic carboxylic acids is 5. The summed E-state index contributed by atoms with van der Waals surface area (Å²) in [6.45, 7) is 0. The van der Waals surface area contributed by atoms with E-state index in [2.05, 4.69) is 44.9 Å². The lowest BCUT2D eigenvalue weighted by molar-refractivity contribution is -0.143. The SMILES string of the molecule is CN.CNC(=O)/C=C\C(=O)O.CNC(=O)C(CC(=O)O)NF.CNC(=O)C(CC(=O)O)SF.CNC(=O)CC(NF)C(=O)O.CNC(=O)CC(SF)C(=O)O.CS.FF.FF.FF.FF.FF.FF.FF.FF.FF.FF.FF.FF.FF.FF.FF.FF.O.O=C1C=CC(=O)C1. The van der Waals surface area contributed by atoms with Gasteiger partial charge in [-0.1, -0.05) is 0 Å². The fraction of sp³-hybridized carbons (Fsp3) is 0.500. The topological polar surface area (TPSA) is 448 Å². The first-order valence-corrected chi connectivity index (χ1v) is 21.5. The molecule has 0 radical (unpaired) electrons. The van der Waals surface area contributed by atoms with Gasteiger partial charge in [-0.25, -0.2) is 4.79 Å². The predicted molar refractivity (Wildman–Crippen MR) is 265 cm³/mol. The van der Waals surface area contributed by atoms with E-state index in [0.717, 1.165) is 23.2 Å². The largest absolute Gasteiger partial charge is 0.481 e. The lowest BCUT2D eigenvalue weighted by Gasteiger charge is -2.07. The third-order valence-electron chi connectivity index (χ3n) is 5.64. The summed E-state index contributed by atoms with van der Waals surface area (Å²) in [4.78, 5) is 123. The van der Waals surface area contributed by atoms with Crippen LogP contribution in [0.25, 0.3) is 0 Å². The van der Waals surface area contributed by atoms with Gasteiger partial charge in [-0.3, -0.25) is 52.7 Å². The number of nitrogens with two attached hydrogens (primary N) is 1. The van der Waals surface area contributed by atoms with Crippen molar-refractivity contribution in [1.29, 1.82) is 0 Å². The number of allylic oxidation sites excluding steroid dienone is 2. The molecular weight excluding hydrogens is 1560 g/mol. The van der Waals surface area contributed by atoms with Gasteiger partial charge < -0.3 is 63.3 Å². The molecule has 0 spiro atoms. The van der Waals surface area contributed by atoms with E-state index in [1.165, 1.54) is 54.4 Å². The molecule has 0 saturated heterocycles. The Morgan fingerprint density at radius 1 is 0.423 bits per heavy atom. The second-order valence-corrected chi connectivity index (χ2v) is 11.6. The zero-order valence-electron chi connectivity index (χ0n) is 47.7. The van der Waals surface area contributed by atoms with Crippen molar-refractivity contribution in [3.05, 3.63) is 24.3 Å². The average molecular weight is 1620 g/mol. The Morgan fingerprint density at radius 2 is 0.691 bits per heavy atom. The van der Waals surface area contributed by atoms with Gasteiger partial charge in [0, 0.05) is 194 Å². The summed E-state index contributed by atoms with van der Waals surface area (Å²) in [6.07, 6.45) is 4.29. The van der Waals surface area contributed by atoms with Crippen molar-refractivity contribution in [2.24, 2.45) is 5.73 Å². The van der Waals surface area contributed by atoms with Crippen molar-refractivity contribution in [3.63, 3.8) is 0 Å². The monoisotopic (exact) mass is 1620 g/mol. The number of amides is 5. The van der Waals surface area contributed by atoms with Crippen LogP contribution in [0.1, 0.15) is 32.1 Å². The maximum absolute atomic E-state index is 11.8. The molecule has 26 nitrogen and oxygen atoms in total. The highest BCUT2D eigenvalue weighted by Crippen LogP contribution is 2.16. The minimum absolute atomic E-state index is 0. The highest BCUT2D eigenvalue weighted by molar-refractivity contribution is 7.95. The number of nitrogens with one attached hydrogen (secondary N) is 7. The van der Waals surface area contributed by atoms with Crippen LogP contribution in [0.3, 0.4) is 0 Å². The fourth-order valence-electron chi connectivity index (χ4n) is 2.61. The number of carboxylic acid groups (broad SMARTS) is 5. The second kappa shape index (κ2) is 198. The zero-order valence-corrected chi connectivity index (χ0v) is 50.3. The summed E-state index contributed by atoms with van der Waals surface area (Å²) < 4.78 is 303. The van der Waals surface area contributed by atoms with Gasteiger partial charge in [0.1, 0.15) is 22.6 Å². The van der Waals surface area contributed by atoms with Gasteiger partial charge in [0.25, 0.3) is 0 Å². The number of likely N-dealkylation sites (N-methyl/N-ethyl adjacent to an activating group) is 2. The number of rotatable bonds is 18. The molecule has 1 rings (SSSR count). The summed E-state index contributed by atoms with van der Waals surface area (Å²) in [6, 6.07) is -2.77. The molecule has 1 aliphatic carbocycles. The van der Waals surface area contributed by atoms with Crippen molar-refractivity contribution < 1.29 is 252 Å². The van der Waals surface area contributed by atoms with Crippen molar-refractivity contribution in [1.82, 2.24) is 37.7 Å². The van der Waals surface area contributed by atoms with Crippen molar-refractivity contribution in [2.75, 3.05) is 48.5 Å². The smallest absolute Gasteiger partial charge is 0.328 e. The number of thiol groups is 1. The summed E-state index contributed by atoms with van der Waals surface area (Å²) in [5.74, 6) is -9.14. The minimum atomic E-state index is -1.46. The lowest BCUT2D eigenvalue weighted by Crippen LogP contribution is -2.40. The number of hydrogen-bond donors (Lipinski definition) is 14. The van der Waals surface area contributed by atoms with E-state index in [9.17, 15) is 74.3 Å². The molecule has 4 unspecified atom stereocenters. The number of hydrogen-bond acceptors (Lipinski definition) is 18. The molecule has 0 aromatic rings. The number of ketones is 2. The first-order valence-electron chi connectivity index (χ1n) is 19.1. The molecule has 0 bridgehead atoms. The molecule has 1 aliphatic rings. The summed E-state index contributed by atoms with van der Waals surface area (Å²) >= 11 is 2.93. The quantitative estimate of drug-likeness (QED) is 0.0199. The number of halogens is 36. The van der Waals surface area contributed by atoms with Crippen LogP contribution in [-0.2, 0) is 57.5 Å². The van der Waals surface area contributed by atoms with Crippen molar-refractivity contribution in [2.45, 2.75) is 54.7 Å². The molecule has 0 heterocycles. The van der Waals surface area contributed by atoms with Crippen molar-refractivity contribution in [3.8, 4) is 0 Å². The highest BCUT2D eigenvalue weighted by Gasteiger charge is 2.23. The Bertz CT molecular complexity index is 1510. The van der Waals surface area contributed by atoms with E-state index in [4.69, 9.17) is 172 Å². The zero-order chi connectivity index (χ0) is 84.0. The van der Waals surface area contributed by atoms with Crippen LogP contribution in [0, 0.1) is 0 Å². The molecule has 0 fully saturated rings. The van der Waals surface area contributed by atoms with Gasteiger partial charge in [-0.15, -0.1) is 20.0 Å². The summed E-state index contributed by atoms with van der Waals surface area (Å²) in [7, 11) is 8.26. The summed E-state index contributed by atoms with van der Waals surface area (Å²) in [5.41, 5.74) is 6.60. The molecule has 5 amide bonds. The fourth-order valence-corrected chi connectivity index (χ4v) is 3.30. The first kappa shape index (κ1) is 163. The molecule has 4 atom stereocenters. The van der Waals surface area contributed by atoms with E-state index < -0.39 is 101 Å². The van der Waals surface area contributed by atoms with Gasteiger partial charge in [-0.2, -0.15) is 20.4 Å². The maximum atomic E-state index is 11.8. The van der Waals surface area contributed by atoms with Crippen LogP contribution in [0.5, 0.6) is 0 Å². The van der Waals surface area contributed by atoms with Gasteiger partial charge >= 0.3 is 29.8 Å². The molecule has 16 N–H and O–H groups in total. The normalized spacial score (nSPS) is 8.88. The van der Waals surface area contributed by atoms with Gasteiger partial charge in [-0.05, 0) is 25.5 Å². The predicted octanol–water partition coefficient (Wildman–Crippen LogP) is 10.7. The van der Waals surface area contributed by atoms with Crippen LogP contribution >= 0.6 is 36.9 Å². The van der Waals surface area contributed by atoms with E-state index in [1.807, 2.05) is 0 Å². The maximum Gasteiger partial charge on any atom is 0.328 e. The summed E-state index contributed by atoms with van der Waals surface area (Å²) in [5, 5.41) is 49.3. The molecule has 0 aromatic heterocycles. The highest BCUT2D eigenvalue weighted by atomic mass is 32.2. The Hall–Kier alpha value is -8.11. The van der Waals surface area contributed by atoms with Gasteiger partial charge in [0.05, 0.1) is 56.4 Å². The Labute approximate surface area is 530 Å². The van der Waals surface area contributed by atoms with Crippen LogP contribution in [0.4, 0.5) is 163 Å². The lowest BCUT2D eigenvalue weighted by atomic mass is 10.2.